The number of esters is 1. The van der Waals surface area contributed by atoms with E-state index in [9.17, 15) is 9.59 Å². The second-order valence-corrected chi connectivity index (χ2v) is 10.1. The van der Waals surface area contributed by atoms with E-state index in [0.29, 0.717) is 36.8 Å². The third-order valence-corrected chi connectivity index (χ3v) is 6.77. The molecule has 1 heterocycles. The zero-order chi connectivity index (χ0) is 27.8. The molecule has 1 atom stereocenters. The first-order chi connectivity index (χ1) is 18.9. The predicted octanol–water partition coefficient (Wildman–Crippen LogP) is 5.85. The lowest BCUT2D eigenvalue weighted by molar-refractivity contribution is -0.165. The summed E-state index contributed by atoms with van der Waals surface area (Å²) in [6.45, 7) is 6.16. The molecule has 0 bridgehead atoms. The Morgan fingerprint density at radius 2 is 1.72 bits per heavy atom. The minimum atomic E-state index is -0.709. The number of fused-ring (bicyclic) bond motifs is 1. The monoisotopic (exact) mass is 548 g/mol. The van der Waals surface area contributed by atoms with Crippen LogP contribution in [0.15, 0.2) is 82.7 Å². The van der Waals surface area contributed by atoms with Crippen molar-refractivity contribution >= 4 is 33.2 Å². The van der Waals surface area contributed by atoms with Crippen LogP contribution in [0.4, 0.5) is 0 Å². The predicted molar refractivity (Wildman–Crippen MR) is 153 cm³/mol. The Kier molecular flexibility index (Phi) is 9.38. The number of hydrogen-bond donors (Lipinski definition) is 0. The smallest absolute Gasteiger partial charge is 0.311 e. The van der Waals surface area contributed by atoms with Gasteiger partial charge in [0.25, 0.3) is 0 Å². The van der Waals surface area contributed by atoms with Gasteiger partial charge in [0.1, 0.15) is 24.3 Å². The highest BCUT2D eigenvalue weighted by Gasteiger charge is 2.15. The largest absolute Gasteiger partial charge is 0.493 e. The lowest BCUT2D eigenvalue weighted by Gasteiger charge is -2.17. The van der Waals surface area contributed by atoms with E-state index < -0.39 is 6.29 Å². The van der Waals surface area contributed by atoms with Crippen molar-refractivity contribution in [2.75, 3.05) is 13.7 Å². The van der Waals surface area contributed by atoms with E-state index in [1.165, 1.54) is 18.4 Å². The Hall–Kier alpha value is -4.11. The summed E-state index contributed by atoms with van der Waals surface area (Å²) in [7, 11) is 1.52. The van der Waals surface area contributed by atoms with E-state index in [4.69, 9.17) is 19.0 Å². The molecule has 9 heteroatoms. The Balaban J connectivity index is 1.37. The molecule has 0 saturated heterocycles. The molecule has 204 valence electrons. The fourth-order valence-electron chi connectivity index (χ4n) is 3.95. The fourth-order valence-corrected chi connectivity index (χ4v) is 4.91. The van der Waals surface area contributed by atoms with Gasteiger partial charge in [-0.2, -0.15) is 0 Å². The third kappa shape index (κ3) is 7.26. The normalized spacial score (nSPS) is 12.4. The second-order valence-electron chi connectivity index (χ2n) is 9.14. The van der Waals surface area contributed by atoms with Crippen molar-refractivity contribution in [1.82, 2.24) is 4.57 Å². The molecular formula is C30H32N2O6S. The van der Waals surface area contributed by atoms with Gasteiger partial charge in [0.05, 0.1) is 22.7 Å². The van der Waals surface area contributed by atoms with Gasteiger partial charge in [-0.1, -0.05) is 72.8 Å². The lowest BCUT2D eigenvalue weighted by Crippen LogP contribution is -2.23. The Bertz CT molecular complexity index is 1490. The molecule has 0 amide bonds. The maximum Gasteiger partial charge on any atom is 0.311 e. The molecule has 3 aromatic carbocycles. The molecule has 8 nitrogen and oxygen atoms in total. The van der Waals surface area contributed by atoms with Crippen LogP contribution in [0.1, 0.15) is 38.3 Å². The number of carbonyl (C=O) groups is 1. The summed E-state index contributed by atoms with van der Waals surface area (Å²) in [5.74, 6) is 0.631. The Morgan fingerprint density at radius 1 is 0.949 bits per heavy atom. The number of rotatable bonds is 12. The maximum absolute atomic E-state index is 12.8. The number of nitrogens with zero attached hydrogens (tertiary/aromatic N) is 2. The molecule has 4 aromatic rings. The average Bonchev–Trinajstić information content (AvgIpc) is 3.24. The summed E-state index contributed by atoms with van der Waals surface area (Å²) < 4.78 is 19.5. The van der Waals surface area contributed by atoms with Crippen LogP contribution in [0.3, 0.4) is 0 Å². The highest BCUT2D eigenvalue weighted by Crippen LogP contribution is 2.23. The van der Waals surface area contributed by atoms with Crippen molar-refractivity contribution in [3.05, 3.63) is 93.6 Å². The summed E-state index contributed by atoms with van der Waals surface area (Å²) in [6, 6.07) is 22.8. The van der Waals surface area contributed by atoms with Crippen molar-refractivity contribution in [3.8, 4) is 11.5 Å². The number of ether oxygens (including phenoxy) is 3. The number of hydrogen-bond acceptors (Lipinski definition) is 8. The van der Waals surface area contributed by atoms with Gasteiger partial charge in [-0.3, -0.25) is 14.2 Å². The highest BCUT2D eigenvalue weighted by atomic mass is 32.1. The zero-order valence-corrected chi connectivity index (χ0v) is 23.3. The van der Waals surface area contributed by atoms with Crippen LogP contribution in [0.5, 0.6) is 11.5 Å². The second kappa shape index (κ2) is 13.1. The molecule has 0 N–H and O–H groups in total. The molecule has 1 aromatic heterocycles. The van der Waals surface area contributed by atoms with Crippen LogP contribution in [0.2, 0.25) is 0 Å². The number of thiazole rings is 1. The quantitative estimate of drug-likeness (QED) is 0.0725. The average molecular weight is 549 g/mol. The molecule has 0 aliphatic heterocycles. The minimum Gasteiger partial charge on any atom is -0.493 e. The van der Waals surface area contributed by atoms with E-state index in [1.54, 1.807) is 37.5 Å². The summed E-state index contributed by atoms with van der Waals surface area (Å²) in [6.07, 6.45) is -0.0690. The number of aromatic nitrogens is 1. The van der Waals surface area contributed by atoms with Gasteiger partial charge in [0.15, 0.2) is 0 Å². The van der Waals surface area contributed by atoms with Crippen LogP contribution < -0.4 is 14.3 Å². The summed E-state index contributed by atoms with van der Waals surface area (Å²) >= 11 is 1.21. The first kappa shape index (κ1) is 27.9. The molecule has 4 rings (SSSR count). The topological polar surface area (TPSA) is 88.3 Å². The van der Waals surface area contributed by atoms with Crippen LogP contribution in [0, 0.1) is 5.92 Å². The van der Waals surface area contributed by atoms with Crippen LogP contribution in [-0.4, -0.2) is 36.3 Å². The maximum atomic E-state index is 12.8. The van der Waals surface area contributed by atoms with Crippen molar-refractivity contribution < 1.29 is 23.8 Å². The fraction of sp³-hybridized carbons (Fsp3) is 0.300. The third-order valence-electron chi connectivity index (χ3n) is 5.83. The van der Waals surface area contributed by atoms with Gasteiger partial charge in [-0.15, -0.1) is 0 Å². The number of aryl methyl sites for hydroxylation is 1. The summed E-state index contributed by atoms with van der Waals surface area (Å²) in [5.41, 5.74) is 3.39. The van der Waals surface area contributed by atoms with Gasteiger partial charge < -0.3 is 19.0 Å². The summed E-state index contributed by atoms with van der Waals surface area (Å²) in [4.78, 5) is 29.6. The lowest BCUT2D eigenvalue weighted by atomic mass is 10.0. The van der Waals surface area contributed by atoms with Gasteiger partial charge in [0, 0.05) is 30.7 Å². The molecule has 0 fully saturated rings. The van der Waals surface area contributed by atoms with E-state index in [0.717, 1.165) is 21.3 Å². The molecule has 0 saturated carbocycles. The molecule has 0 aliphatic carbocycles. The molecular weight excluding hydrogens is 516 g/mol. The van der Waals surface area contributed by atoms with Gasteiger partial charge in [0.2, 0.25) is 6.29 Å². The SMILES string of the molecule is CON=C(c1ccccc1)c1ccc2c(c1)sc(=O)n2CCCOc1cccc(OC(C)OC(=O)C(C)C)c1. The van der Waals surface area contributed by atoms with E-state index in [1.807, 2.05) is 60.7 Å². The highest BCUT2D eigenvalue weighted by molar-refractivity contribution is 7.16. The van der Waals surface area contributed by atoms with Crippen LogP contribution >= 0.6 is 11.3 Å². The van der Waals surface area contributed by atoms with Gasteiger partial charge >= 0.3 is 10.8 Å². The van der Waals surface area contributed by atoms with Crippen LogP contribution in [-0.2, 0) is 20.9 Å². The number of benzene rings is 3. The van der Waals surface area contributed by atoms with Crippen molar-refractivity contribution in [2.45, 2.75) is 40.0 Å². The molecule has 1 unspecified atom stereocenters. The van der Waals surface area contributed by atoms with Gasteiger partial charge in [-0.05, 0) is 30.7 Å². The van der Waals surface area contributed by atoms with Gasteiger partial charge in [-0.25, -0.2) is 0 Å². The Morgan fingerprint density at radius 3 is 2.46 bits per heavy atom. The zero-order valence-electron chi connectivity index (χ0n) is 22.5. The first-order valence-corrected chi connectivity index (χ1v) is 13.6. The number of oxime groups is 1. The Labute approximate surface area is 231 Å². The minimum absolute atomic E-state index is 0.0209. The van der Waals surface area contributed by atoms with Crippen LogP contribution in [0.25, 0.3) is 10.2 Å². The van der Waals surface area contributed by atoms with E-state index in [2.05, 4.69) is 5.16 Å². The van der Waals surface area contributed by atoms with Crippen molar-refractivity contribution in [2.24, 2.45) is 11.1 Å². The summed E-state index contributed by atoms with van der Waals surface area (Å²) in [5, 5.41) is 4.22. The molecule has 0 spiro atoms. The van der Waals surface area contributed by atoms with E-state index in [-0.39, 0.29) is 16.8 Å². The van der Waals surface area contributed by atoms with Crippen molar-refractivity contribution in [3.63, 3.8) is 0 Å². The first-order valence-electron chi connectivity index (χ1n) is 12.8. The molecule has 39 heavy (non-hydrogen) atoms. The standard InChI is InChI=1S/C30H32N2O6S/c1-20(2)29(33)38-21(3)37-25-13-8-12-24(19-25)36-17-9-16-32-26-15-14-23(18-27(26)39-30(32)34)28(31-35-4)22-10-6-5-7-11-22/h5-8,10-15,18-21H,9,16-17H2,1-4H3. The van der Waals surface area contributed by atoms with E-state index >= 15 is 0 Å². The molecule has 0 aliphatic rings. The molecule has 0 radical (unpaired) electrons. The van der Waals surface area contributed by atoms with Crippen molar-refractivity contribution in [1.29, 1.82) is 0 Å². The number of carbonyl (C=O) groups excluding carboxylic acids is 1.